The van der Waals surface area contributed by atoms with Crippen molar-refractivity contribution in [3.05, 3.63) is 41.3 Å². The summed E-state index contributed by atoms with van der Waals surface area (Å²) in [6.45, 7) is 0. The summed E-state index contributed by atoms with van der Waals surface area (Å²) in [6, 6.07) is 0. The molecule has 0 unspecified atom stereocenters. The first-order valence-electron chi connectivity index (χ1n) is 4.85. The molecule has 0 radical (unpaired) electrons. The lowest BCUT2D eigenvalue weighted by Gasteiger charge is -1.95. The zero-order chi connectivity index (χ0) is 12.3. The van der Waals surface area contributed by atoms with E-state index in [0.29, 0.717) is 11.5 Å². The van der Waals surface area contributed by atoms with E-state index in [0.717, 1.165) is 10.3 Å². The van der Waals surface area contributed by atoms with Gasteiger partial charge in [0.2, 0.25) is 0 Å². The highest BCUT2D eigenvalue weighted by Crippen LogP contribution is 2.13. The minimum atomic E-state index is 0.641. The molecule has 0 aromatic carbocycles. The van der Waals surface area contributed by atoms with Gasteiger partial charge in [0.1, 0.15) is 16.0 Å². The van der Waals surface area contributed by atoms with Gasteiger partial charge < -0.3 is 10.7 Å². The Balaban J connectivity index is 2.38. The number of hydrogen-bond donors (Lipinski definition) is 2. The zero-order valence-electron chi connectivity index (χ0n) is 9.13. The van der Waals surface area contributed by atoms with Crippen LogP contribution in [-0.2, 0) is 7.05 Å². The van der Waals surface area contributed by atoms with Crippen LogP contribution in [0, 0.1) is 0 Å². The first-order chi connectivity index (χ1) is 8.19. The molecular formula is C10H11BrN6. The van der Waals surface area contributed by atoms with Gasteiger partial charge in [0.25, 0.3) is 0 Å². The van der Waals surface area contributed by atoms with Gasteiger partial charge in [-0.3, -0.25) is 4.68 Å². The monoisotopic (exact) mass is 294 g/mol. The summed E-state index contributed by atoms with van der Waals surface area (Å²) < 4.78 is 2.47. The summed E-state index contributed by atoms with van der Waals surface area (Å²) >= 11 is 3.30. The van der Waals surface area contributed by atoms with E-state index in [1.165, 1.54) is 6.20 Å². The minimum Gasteiger partial charge on any atom is -0.405 e. The molecule has 2 aromatic rings. The number of allylic oxidation sites excluding steroid dienone is 1. The van der Waals surface area contributed by atoms with Crippen molar-refractivity contribution >= 4 is 27.3 Å². The molecule has 0 saturated heterocycles. The number of aromatic amines is 1. The van der Waals surface area contributed by atoms with Gasteiger partial charge in [0.05, 0.1) is 18.6 Å². The number of aromatic nitrogens is 4. The summed E-state index contributed by atoms with van der Waals surface area (Å²) in [5.74, 6) is 0.641. The van der Waals surface area contributed by atoms with E-state index in [4.69, 9.17) is 5.73 Å². The van der Waals surface area contributed by atoms with Crippen LogP contribution in [0.25, 0.3) is 0 Å². The van der Waals surface area contributed by atoms with E-state index in [1.807, 2.05) is 13.2 Å². The molecule has 88 valence electrons. The molecule has 0 atom stereocenters. The molecule has 0 fully saturated rings. The Kier molecular flexibility index (Phi) is 3.38. The Labute approximate surface area is 106 Å². The third-order valence-electron chi connectivity index (χ3n) is 1.98. The van der Waals surface area contributed by atoms with Gasteiger partial charge in [-0.25, -0.2) is 9.98 Å². The minimum absolute atomic E-state index is 0.641. The lowest BCUT2D eigenvalue weighted by atomic mass is 10.3. The second-order valence-corrected chi connectivity index (χ2v) is 4.16. The van der Waals surface area contributed by atoms with Gasteiger partial charge in [-0.15, -0.1) is 0 Å². The maximum Gasteiger partial charge on any atom is 0.156 e. The Bertz CT molecular complexity index is 565. The van der Waals surface area contributed by atoms with Crippen LogP contribution in [0.15, 0.2) is 40.5 Å². The second kappa shape index (κ2) is 4.96. The molecule has 6 nitrogen and oxygen atoms in total. The molecule has 7 heteroatoms. The van der Waals surface area contributed by atoms with Gasteiger partial charge >= 0.3 is 0 Å². The van der Waals surface area contributed by atoms with Crippen molar-refractivity contribution in [1.29, 1.82) is 0 Å². The smallest absolute Gasteiger partial charge is 0.156 e. The van der Waals surface area contributed by atoms with Crippen molar-refractivity contribution < 1.29 is 0 Å². The quantitative estimate of drug-likeness (QED) is 0.841. The van der Waals surface area contributed by atoms with Crippen molar-refractivity contribution in [3.63, 3.8) is 0 Å². The Morgan fingerprint density at radius 2 is 2.41 bits per heavy atom. The fourth-order valence-corrected chi connectivity index (χ4v) is 1.58. The van der Waals surface area contributed by atoms with E-state index in [1.54, 1.807) is 23.2 Å². The van der Waals surface area contributed by atoms with Gasteiger partial charge in [0.15, 0.2) is 5.82 Å². The molecule has 2 rings (SSSR count). The lowest BCUT2D eigenvalue weighted by Crippen LogP contribution is -2.00. The number of rotatable bonds is 3. The Hall–Kier alpha value is -1.89. The van der Waals surface area contributed by atoms with E-state index < -0.39 is 0 Å². The summed E-state index contributed by atoms with van der Waals surface area (Å²) in [5.41, 5.74) is 6.79. The number of nitrogens with two attached hydrogens (primary N) is 1. The van der Waals surface area contributed by atoms with Crippen LogP contribution >= 0.6 is 15.9 Å². The van der Waals surface area contributed by atoms with E-state index in [9.17, 15) is 0 Å². The number of hydrogen-bond acceptors (Lipinski definition) is 4. The van der Waals surface area contributed by atoms with Crippen LogP contribution in [0.4, 0.5) is 5.69 Å². The normalized spacial score (nSPS) is 12.5. The predicted octanol–water partition coefficient (Wildman–Crippen LogP) is 1.50. The molecule has 0 bridgehead atoms. The van der Waals surface area contributed by atoms with Crippen LogP contribution in [0.2, 0.25) is 0 Å². The van der Waals surface area contributed by atoms with Gasteiger partial charge in [-0.05, 0) is 28.2 Å². The van der Waals surface area contributed by atoms with E-state index >= 15 is 0 Å². The van der Waals surface area contributed by atoms with Crippen molar-refractivity contribution in [2.75, 3.05) is 0 Å². The third kappa shape index (κ3) is 2.82. The molecule has 17 heavy (non-hydrogen) atoms. The molecule has 0 spiro atoms. The van der Waals surface area contributed by atoms with Crippen LogP contribution < -0.4 is 5.73 Å². The summed E-state index contributed by atoms with van der Waals surface area (Å²) in [4.78, 5) is 11.6. The van der Waals surface area contributed by atoms with E-state index in [-0.39, 0.29) is 0 Å². The van der Waals surface area contributed by atoms with Crippen molar-refractivity contribution in [2.24, 2.45) is 17.8 Å². The fraction of sp³-hybridized carbons (Fsp3) is 0.100. The molecule has 0 aliphatic heterocycles. The summed E-state index contributed by atoms with van der Waals surface area (Å²) in [6.07, 6.45) is 8.24. The Morgan fingerprint density at radius 1 is 1.59 bits per heavy atom. The largest absolute Gasteiger partial charge is 0.405 e. The highest BCUT2D eigenvalue weighted by atomic mass is 79.9. The molecule has 0 aliphatic rings. The zero-order valence-corrected chi connectivity index (χ0v) is 10.7. The summed E-state index contributed by atoms with van der Waals surface area (Å²) in [5, 5.41) is 4.04. The molecule has 0 amide bonds. The number of H-pyrrole nitrogens is 1. The van der Waals surface area contributed by atoms with Crippen LogP contribution in [0.3, 0.4) is 0 Å². The molecule has 2 heterocycles. The molecule has 3 N–H and O–H groups in total. The number of nitrogens with zero attached hydrogens (tertiary/aromatic N) is 4. The first-order valence-corrected chi connectivity index (χ1v) is 5.65. The average Bonchev–Trinajstić information content (AvgIpc) is 2.87. The maximum atomic E-state index is 5.40. The molecule has 0 saturated carbocycles. The highest BCUT2D eigenvalue weighted by molar-refractivity contribution is 9.10. The van der Waals surface area contributed by atoms with Crippen molar-refractivity contribution in [1.82, 2.24) is 19.7 Å². The van der Waals surface area contributed by atoms with Gasteiger partial charge in [0, 0.05) is 7.05 Å². The predicted molar refractivity (Wildman–Crippen MR) is 69.0 cm³/mol. The van der Waals surface area contributed by atoms with Gasteiger partial charge in [-0.1, -0.05) is 0 Å². The fourth-order valence-electron chi connectivity index (χ4n) is 1.29. The van der Waals surface area contributed by atoms with Crippen LogP contribution in [0.5, 0.6) is 0 Å². The topological polar surface area (TPSA) is 84.9 Å². The highest BCUT2D eigenvalue weighted by Gasteiger charge is 2.05. The van der Waals surface area contributed by atoms with Crippen LogP contribution in [-0.4, -0.2) is 25.5 Å². The average molecular weight is 295 g/mol. The third-order valence-corrected chi connectivity index (χ3v) is 2.39. The van der Waals surface area contributed by atoms with Gasteiger partial charge in [-0.2, -0.15) is 5.10 Å². The number of aliphatic imine (C=N–C) groups is 1. The SMILES string of the molecule is Cn1cc(N=C(C=CN)c2ncc(Br)[nH]2)cn1. The number of aryl methyl sites for hydroxylation is 1. The standard InChI is InChI=1S/C10H11BrN6/c1-17-6-7(4-14-17)15-8(2-3-12)10-13-5-9(11)16-10/h2-6H,12H2,1H3,(H,13,16). The molecule has 0 aliphatic carbocycles. The van der Waals surface area contributed by atoms with Crippen molar-refractivity contribution in [2.45, 2.75) is 0 Å². The molecular weight excluding hydrogens is 284 g/mol. The number of nitrogens with one attached hydrogen (secondary N) is 1. The first kappa shape index (κ1) is 11.6. The van der Waals surface area contributed by atoms with Crippen molar-refractivity contribution in [3.8, 4) is 0 Å². The second-order valence-electron chi connectivity index (χ2n) is 3.31. The van der Waals surface area contributed by atoms with Crippen LogP contribution in [0.1, 0.15) is 5.82 Å². The lowest BCUT2D eigenvalue weighted by molar-refractivity contribution is 0.768. The van der Waals surface area contributed by atoms with E-state index in [2.05, 4.69) is 36.0 Å². The number of imidazole rings is 1. The maximum absolute atomic E-state index is 5.40. The summed E-state index contributed by atoms with van der Waals surface area (Å²) in [7, 11) is 1.83. The number of halogens is 1. The molecule has 2 aromatic heterocycles. The Morgan fingerprint density at radius 3 is 2.94 bits per heavy atom.